The monoisotopic (exact) mass is 241 g/mol. The summed E-state index contributed by atoms with van der Waals surface area (Å²) in [6, 6.07) is 0. The van der Waals surface area contributed by atoms with Crippen LogP contribution in [0.4, 0.5) is 0 Å². The zero-order chi connectivity index (χ0) is 12.5. The molecule has 0 radical (unpaired) electrons. The van der Waals surface area contributed by atoms with Gasteiger partial charge in [-0.25, -0.2) is 0 Å². The molecule has 1 aliphatic carbocycles. The molecule has 2 atom stereocenters. The number of ether oxygens (including phenoxy) is 1. The van der Waals surface area contributed by atoms with Crippen LogP contribution in [0.5, 0.6) is 0 Å². The van der Waals surface area contributed by atoms with E-state index in [0.29, 0.717) is 18.4 Å². The van der Waals surface area contributed by atoms with Gasteiger partial charge in [0, 0.05) is 20.2 Å². The van der Waals surface area contributed by atoms with Crippen molar-refractivity contribution in [2.75, 3.05) is 33.4 Å². The first-order valence-corrected chi connectivity index (χ1v) is 6.36. The third-order valence-corrected chi connectivity index (χ3v) is 4.02. The molecule has 2 fully saturated rings. The van der Waals surface area contributed by atoms with Crippen molar-refractivity contribution in [1.29, 1.82) is 0 Å². The molecule has 0 aromatic heterocycles. The highest BCUT2D eigenvalue weighted by atomic mass is 16.5. The van der Waals surface area contributed by atoms with E-state index in [0.717, 1.165) is 39.0 Å². The van der Waals surface area contributed by atoms with E-state index in [1.54, 1.807) is 7.11 Å². The molecular formula is C12H23N3O2. The van der Waals surface area contributed by atoms with Crippen LogP contribution in [-0.4, -0.2) is 49.7 Å². The van der Waals surface area contributed by atoms with Crippen LogP contribution in [0.2, 0.25) is 0 Å². The molecule has 2 unspecified atom stereocenters. The van der Waals surface area contributed by atoms with Crippen LogP contribution < -0.4 is 11.5 Å². The lowest BCUT2D eigenvalue weighted by Gasteiger charge is -2.31. The second-order valence-corrected chi connectivity index (χ2v) is 5.52. The fourth-order valence-corrected chi connectivity index (χ4v) is 2.80. The van der Waals surface area contributed by atoms with Gasteiger partial charge in [0.2, 0.25) is 5.91 Å². The first-order chi connectivity index (χ1) is 8.06. The first kappa shape index (κ1) is 12.8. The molecule has 1 saturated heterocycles. The number of methoxy groups -OCH3 is 1. The number of carbonyl (C=O) groups excluding carboxylic acids is 1. The summed E-state index contributed by atoms with van der Waals surface area (Å²) in [6.45, 7) is 3.35. The molecule has 1 heterocycles. The van der Waals surface area contributed by atoms with Crippen molar-refractivity contribution in [1.82, 2.24) is 4.90 Å². The quantitative estimate of drug-likeness (QED) is 0.660. The number of rotatable bonds is 6. The fraction of sp³-hybridized carbons (Fsp3) is 0.917. The van der Waals surface area contributed by atoms with Gasteiger partial charge in [0.1, 0.15) is 5.54 Å². The van der Waals surface area contributed by atoms with Crippen LogP contribution in [0.25, 0.3) is 0 Å². The highest BCUT2D eigenvalue weighted by molar-refractivity contribution is 5.85. The highest BCUT2D eigenvalue weighted by Gasteiger charge is 2.48. The first-order valence-electron chi connectivity index (χ1n) is 6.36. The van der Waals surface area contributed by atoms with Gasteiger partial charge >= 0.3 is 0 Å². The lowest BCUT2D eigenvalue weighted by molar-refractivity contribution is -0.124. The molecule has 1 aliphatic heterocycles. The zero-order valence-electron chi connectivity index (χ0n) is 10.5. The maximum atomic E-state index is 11.5. The van der Waals surface area contributed by atoms with E-state index < -0.39 is 5.54 Å². The van der Waals surface area contributed by atoms with Gasteiger partial charge in [-0.15, -0.1) is 0 Å². The van der Waals surface area contributed by atoms with E-state index in [1.165, 1.54) is 0 Å². The van der Waals surface area contributed by atoms with Crippen molar-refractivity contribution >= 4 is 5.91 Å². The Labute approximate surface area is 102 Å². The second kappa shape index (κ2) is 4.92. The highest BCUT2D eigenvalue weighted by Crippen LogP contribution is 2.39. The van der Waals surface area contributed by atoms with Crippen LogP contribution in [0.1, 0.15) is 19.3 Å². The molecule has 2 aliphatic rings. The Morgan fingerprint density at radius 1 is 1.47 bits per heavy atom. The van der Waals surface area contributed by atoms with Crippen molar-refractivity contribution in [3.8, 4) is 0 Å². The Hall–Kier alpha value is -0.650. The molecule has 5 heteroatoms. The maximum absolute atomic E-state index is 11.5. The molecule has 0 aromatic carbocycles. The maximum Gasteiger partial charge on any atom is 0.239 e. The predicted molar refractivity (Wildman–Crippen MR) is 65.3 cm³/mol. The summed E-state index contributed by atoms with van der Waals surface area (Å²) in [5, 5.41) is 0. The van der Waals surface area contributed by atoms with E-state index in [2.05, 4.69) is 4.90 Å². The van der Waals surface area contributed by atoms with E-state index in [4.69, 9.17) is 16.2 Å². The van der Waals surface area contributed by atoms with Gasteiger partial charge in [-0.2, -0.15) is 0 Å². The lowest BCUT2D eigenvalue weighted by Crippen LogP contribution is -2.60. The van der Waals surface area contributed by atoms with Crippen molar-refractivity contribution in [3.63, 3.8) is 0 Å². The molecule has 5 nitrogen and oxygen atoms in total. The standard InChI is InChI=1S/C12H23N3O2/c1-17-7-9-4-5-15(6-9)8-12(14,11(13)16)10-2-3-10/h9-10H,2-8,14H2,1H3,(H2,13,16). The van der Waals surface area contributed by atoms with E-state index in [-0.39, 0.29) is 5.91 Å². The number of nitrogens with zero attached hydrogens (tertiary/aromatic N) is 1. The molecule has 0 aromatic rings. The van der Waals surface area contributed by atoms with Gasteiger partial charge in [0.25, 0.3) is 0 Å². The normalized spacial score (nSPS) is 29.2. The van der Waals surface area contributed by atoms with Gasteiger partial charge in [0.15, 0.2) is 0 Å². The van der Waals surface area contributed by atoms with E-state index in [1.807, 2.05) is 0 Å². The summed E-state index contributed by atoms with van der Waals surface area (Å²) in [5.41, 5.74) is 10.8. The molecule has 4 N–H and O–H groups in total. The van der Waals surface area contributed by atoms with Gasteiger partial charge in [0.05, 0.1) is 6.61 Å². The average Bonchev–Trinajstić information content (AvgIpc) is 3.03. The topological polar surface area (TPSA) is 81.6 Å². The summed E-state index contributed by atoms with van der Waals surface area (Å²) in [6.07, 6.45) is 3.19. The van der Waals surface area contributed by atoms with Gasteiger partial charge < -0.3 is 21.1 Å². The average molecular weight is 241 g/mol. The number of nitrogens with two attached hydrogens (primary N) is 2. The number of primary amides is 1. The Bertz CT molecular complexity index is 293. The third-order valence-electron chi connectivity index (χ3n) is 4.02. The predicted octanol–water partition coefficient (Wildman–Crippen LogP) is -0.452. The van der Waals surface area contributed by atoms with Crippen molar-refractivity contribution in [2.45, 2.75) is 24.8 Å². The Balaban J connectivity index is 1.89. The van der Waals surface area contributed by atoms with Gasteiger partial charge in [-0.05, 0) is 37.6 Å². The van der Waals surface area contributed by atoms with Gasteiger partial charge in [-0.1, -0.05) is 0 Å². The summed E-state index contributed by atoms with van der Waals surface area (Å²) in [4.78, 5) is 13.8. The third kappa shape index (κ3) is 2.78. The smallest absolute Gasteiger partial charge is 0.239 e. The second-order valence-electron chi connectivity index (χ2n) is 5.52. The molecule has 98 valence electrons. The van der Waals surface area contributed by atoms with E-state index >= 15 is 0 Å². The molecule has 0 bridgehead atoms. The number of carbonyl (C=O) groups is 1. The number of amides is 1. The SMILES string of the molecule is COCC1CCN(CC(N)(C(N)=O)C2CC2)C1. The molecule has 1 amide bonds. The summed E-state index contributed by atoms with van der Waals surface area (Å²) >= 11 is 0. The summed E-state index contributed by atoms with van der Waals surface area (Å²) in [5.74, 6) is 0.507. The summed E-state index contributed by atoms with van der Waals surface area (Å²) < 4.78 is 5.16. The van der Waals surface area contributed by atoms with Crippen LogP contribution in [0.15, 0.2) is 0 Å². The van der Waals surface area contributed by atoms with Crippen LogP contribution >= 0.6 is 0 Å². The van der Waals surface area contributed by atoms with E-state index in [9.17, 15) is 4.79 Å². The van der Waals surface area contributed by atoms with Crippen molar-refractivity contribution in [2.24, 2.45) is 23.3 Å². The minimum absolute atomic E-state index is 0.293. The van der Waals surface area contributed by atoms with Crippen molar-refractivity contribution < 1.29 is 9.53 Å². The summed E-state index contributed by atoms with van der Waals surface area (Å²) in [7, 11) is 1.73. The molecule has 17 heavy (non-hydrogen) atoms. The Kier molecular flexibility index (Phi) is 3.70. The molecule has 2 rings (SSSR count). The minimum Gasteiger partial charge on any atom is -0.384 e. The Morgan fingerprint density at radius 2 is 2.18 bits per heavy atom. The largest absolute Gasteiger partial charge is 0.384 e. The number of hydrogen-bond donors (Lipinski definition) is 2. The zero-order valence-corrected chi connectivity index (χ0v) is 10.5. The lowest BCUT2D eigenvalue weighted by atomic mass is 9.93. The molecular weight excluding hydrogens is 218 g/mol. The molecule has 0 spiro atoms. The Morgan fingerprint density at radius 3 is 2.71 bits per heavy atom. The minimum atomic E-state index is -0.817. The van der Waals surface area contributed by atoms with Gasteiger partial charge in [-0.3, -0.25) is 4.79 Å². The van der Waals surface area contributed by atoms with Crippen LogP contribution in [0, 0.1) is 11.8 Å². The van der Waals surface area contributed by atoms with Crippen LogP contribution in [0.3, 0.4) is 0 Å². The number of hydrogen-bond acceptors (Lipinski definition) is 4. The molecule has 1 saturated carbocycles. The number of likely N-dealkylation sites (tertiary alicyclic amines) is 1. The van der Waals surface area contributed by atoms with Crippen molar-refractivity contribution in [3.05, 3.63) is 0 Å². The van der Waals surface area contributed by atoms with Crippen LogP contribution in [-0.2, 0) is 9.53 Å². The fourth-order valence-electron chi connectivity index (χ4n) is 2.80.